The molecule has 0 aromatic heterocycles. The number of hydrogen-bond acceptors (Lipinski definition) is 3. The van der Waals surface area contributed by atoms with Crippen molar-refractivity contribution in [3.8, 4) is 0 Å². The van der Waals surface area contributed by atoms with E-state index < -0.39 is 0 Å². The lowest BCUT2D eigenvalue weighted by Crippen LogP contribution is -2.40. The van der Waals surface area contributed by atoms with Gasteiger partial charge in [0.1, 0.15) is 5.78 Å². The number of hydrogen-bond donors (Lipinski definition) is 2. The van der Waals surface area contributed by atoms with Crippen molar-refractivity contribution in [3.63, 3.8) is 0 Å². The average molecular weight is 296 g/mol. The van der Waals surface area contributed by atoms with Crippen LogP contribution in [0.15, 0.2) is 60.7 Å². The molecule has 0 aliphatic heterocycles. The van der Waals surface area contributed by atoms with Crippen LogP contribution >= 0.6 is 0 Å². The van der Waals surface area contributed by atoms with E-state index in [0.29, 0.717) is 0 Å². The normalized spacial score (nSPS) is 10.5. The van der Waals surface area contributed by atoms with E-state index in [1.165, 1.54) is 6.92 Å². The standard InChI is InChI=1S/C18H20N2O2/c1-14(21)12-13-17(22)19-20-18(15-8-4-2-5-9-15)16-10-6-3-7-11-16/h2-11,18,20H,12-13H2,1H3,(H,19,22). The van der Waals surface area contributed by atoms with Crippen LogP contribution in [0.25, 0.3) is 0 Å². The van der Waals surface area contributed by atoms with E-state index in [1.54, 1.807) is 0 Å². The van der Waals surface area contributed by atoms with Crippen LogP contribution in [0.5, 0.6) is 0 Å². The number of amides is 1. The summed E-state index contributed by atoms with van der Waals surface area (Å²) in [6.45, 7) is 1.48. The Kier molecular flexibility index (Phi) is 5.86. The molecule has 0 heterocycles. The number of nitrogens with one attached hydrogen (secondary N) is 2. The largest absolute Gasteiger partial charge is 0.300 e. The Balaban J connectivity index is 2.06. The van der Waals surface area contributed by atoms with E-state index in [-0.39, 0.29) is 30.6 Å². The van der Waals surface area contributed by atoms with Gasteiger partial charge in [-0.2, -0.15) is 0 Å². The number of carbonyl (C=O) groups is 2. The molecule has 2 N–H and O–H groups in total. The molecular formula is C18H20N2O2. The summed E-state index contributed by atoms with van der Waals surface area (Å²) in [7, 11) is 0. The molecule has 4 nitrogen and oxygen atoms in total. The molecule has 0 fully saturated rings. The van der Waals surface area contributed by atoms with Crippen LogP contribution in [-0.4, -0.2) is 11.7 Å². The molecule has 2 aromatic carbocycles. The smallest absolute Gasteiger partial charge is 0.234 e. The first-order chi connectivity index (χ1) is 10.7. The van der Waals surface area contributed by atoms with Crippen LogP contribution in [-0.2, 0) is 9.59 Å². The molecule has 22 heavy (non-hydrogen) atoms. The van der Waals surface area contributed by atoms with Gasteiger partial charge >= 0.3 is 0 Å². The van der Waals surface area contributed by atoms with Gasteiger partial charge in [-0.15, -0.1) is 0 Å². The molecule has 0 saturated heterocycles. The maximum atomic E-state index is 11.8. The van der Waals surface area contributed by atoms with Gasteiger partial charge in [0.25, 0.3) is 0 Å². The minimum absolute atomic E-state index is 0.0119. The van der Waals surface area contributed by atoms with E-state index in [2.05, 4.69) is 10.9 Å². The Hall–Kier alpha value is -2.46. The predicted molar refractivity (Wildman–Crippen MR) is 85.9 cm³/mol. The van der Waals surface area contributed by atoms with Gasteiger partial charge in [-0.25, -0.2) is 5.43 Å². The zero-order chi connectivity index (χ0) is 15.8. The summed E-state index contributed by atoms with van der Waals surface area (Å²) in [6.07, 6.45) is 0.452. The first-order valence-electron chi connectivity index (χ1n) is 7.30. The number of benzene rings is 2. The molecule has 2 aromatic rings. The highest BCUT2D eigenvalue weighted by molar-refractivity contribution is 5.83. The number of Topliss-reactive ketones (excluding diaryl/α,β-unsaturated/α-hetero) is 1. The third-order valence-electron chi connectivity index (χ3n) is 3.33. The molecule has 0 aliphatic carbocycles. The summed E-state index contributed by atoms with van der Waals surface area (Å²) in [5, 5.41) is 0. The SMILES string of the molecule is CC(=O)CCC(=O)NNC(c1ccccc1)c1ccccc1. The van der Waals surface area contributed by atoms with Crippen LogP contribution in [0.1, 0.15) is 36.9 Å². The van der Waals surface area contributed by atoms with E-state index in [1.807, 2.05) is 60.7 Å². The lowest BCUT2D eigenvalue weighted by atomic mass is 9.99. The highest BCUT2D eigenvalue weighted by Crippen LogP contribution is 2.20. The molecule has 0 unspecified atom stereocenters. The number of carbonyl (C=O) groups excluding carboxylic acids is 2. The Morgan fingerprint density at radius 1 is 0.864 bits per heavy atom. The topological polar surface area (TPSA) is 58.2 Å². The minimum Gasteiger partial charge on any atom is -0.300 e. The molecule has 0 aliphatic rings. The molecule has 0 atom stereocenters. The van der Waals surface area contributed by atoms with Gasteiger partial charge in [0.05, 0.1) is 6.04 Å². The minimum atomic E-state index is -0.188. The van der Waals surface area contributed by atoms with Crippen molar-refractivity contribution in [3.05, 3.63) is 71.8 Å². The summed E-state index contributed by atoms with van der Waals surface area (Å²) >= 11 is 0. The monoisotopic (exact) mass is 296 g/mol. The van der Waals surface area contributed by atoms with Crippen molar-refractivity contribution in [1.29, 1.82) is 0 Å². The molecule has 2 rings (SSSR count). The third-order valence-corrected chi connectivity index (χ3v) is 3.33. The van der Waals surface area contributed by atoms with E-state index >= 15 is 0 Å². The number of rotatable bonds is 7. The Morgan fingerprint density at radius 3 is 1.82 bits per heavy atom. The first-order valence-corrected chi connectivity index (χ1v) is 7.30. The van der Waals surface area contributed by atoms with E-state index in [0.717, 1.165) is 11.1 Å². The molecular weight excluding hydrogens is 276 g/mol. The third kappa shape index (κ3) is 4.82. The number of hydrazine groups is 1. The maximum Gasteiger partial charge on any atom is 0.234 e. The van der Waals surface area contributed by atoms with Crippen LogP contribution in [0, 0.1) is 0 Å². The summed E-state index contributed by atoms with van der Waals surface area (Å²) in [5.74, 6) is -0.176. The molecule has 0 spiro atoms. The van der Waals surface area contributed by atoms with Crippen molar-refractivity contribution in [2.45, 2.75) is 25.8 Å². The van der Waals surface area contributed by atoms with Crippen LogP contribution in [0.2, 0.25) is 0 Å². The lowest BCUT2D eigenvalue weighted by Gasteiger charge is -2.20. The predicted octanol–water partition coefficient (Wildman–Crippen LogP) is 2.77. The van der Waals surface area contributed by atoms with Crippen molar-refractivity contribution >= 4 is 11.7 Å². The Morgan fingerprint density at radius 2 is 1.36 bits per heavy atom. The Bertz CT molecular complexity index is 572. The average Bonchev–Trinajstić information content (AvgIpc) is 2.55. The highest BCUT2D eigenvalue weighted by atomic mass is 16.2. The Labute approximate surface area is 130 Å². The second-order valence-electron chi connectivity index (χ2n) is 5.15. The van der Waals surface area contributed by atoms with Crippen molar-refractivity contribution in [2.75, 3.05) is 0 Å². The quantitative estimate of drug-likeness (QED) is 0.772. The van der Waals surface area contributed by atoms with Gasteiger partial charge in [-0.1, -0.05) is 60.7 Å². The van der Waals surface area contributed by atoms with E-state index in [9.17, 15) is 9.59 Å². The fourth-order valence-corrected chi connectivity index (χ4v) is 2.15. The van der Waals surface area contributed by atoms with E-state index in [4.69, 9.17) is 0 Å². The second-order valence-corrected chi connectivity index (χ2v) is 5.15. The summed E-state index contributed by atoms with van der Waals surface area (Å²) in [5.41, 5.74) is 7.87. The zero-order valence-electron chi connectivity index (χ0n) is 12.6. The molecule has 0 saturated carbocycles. The second kappa shape index (κ2) is 8.10. The van der Waals surface area contributed by atoms with Gasteiger partial charge in [0.15, 0.2) is 0 Å². The van der Waals surface area contributed by atoms with Crippen molar-refractivity contribution < 1.29 is 9.59 Å². The highest BCUT2D eigenvalue weighted by Gasteiger charge is 2.14. The molecule has 114 valence electrons. The summed E-state index contributed by atoms with van der Waals surface area (Å²) in [4.78, 5) is 22.7. The molecule has 0 radical (unpaired) electrons. The first kappa shape index (κ1) is 15.9. The van der Waals surface area contributed by atoms with Gasteiger partial charge in [-0.3, -0.25) is 10.2 Å². The van der Waals surface area contributed by atoms with Crippen molar-refractivity contribution in [1.82, 2.24) is 10.9 Å². The van der Waals surface area contributed by atoms with Gasteiger partial charge in [-0.05, 0) is 18.1 Å². The van der Waals surface area contributed by atoms with Crippen LogP contribution in [0.4, 0.5) is 0 Å². The van der Waals surface area contributed by atoms with Gasteiger partial charge in [0.2, 0.25) is 5.91 Å². The number of ketones is 1. The molecule has 4 heteroatoms. The molecule has 0 bridgehead atoms. The fraction of sp³-hybridized carbons (Fsp3) is 0.222. The molecule has 1 amide bonds. The summed E-state index contributed by atoms with van der Waals surface area (Å²) < 4.78 is 0. The maximum absolute atomic E-state index is 11.8. The zero-order valence-corrected chi connectivity index (χ0v) is 12.6. The van der Waals surface area contributed by atoms with Crippen LogP contribution < -0.4 is 10.9 Å². The summed E-state index contributed by atoms with van der Waals surface area (Å²) in [6, 6.07) is 19.7. The van der Waals surface area contributed by atoms with Crippen LogP contribution in [0.3, 0.4) is 0 Å². The fourth-order valence-electron chi connectivity index (χ4n) is 2.15. The lowest BCUT2D eigenvalue weighted by molar-refractivity contribution is -0.125. The van der Waals surface area contributed by atoms with Gasteiger partial charge < -0.3 is 4.79 Å². The van der Waals surface area contributed by atoms with Crippen molar-refractivity contribution in [2.24, 2.45) is 0 Å². The van der Waals surface area contributed by atoms with Gasteiger partial charge in [0, 0.05) is 12.8 Å².